The molecule has 1 aliphatic rings. The Hall–Kier alpha value is -1.88. The van der Waals surface area contributed by atoms with E-state index < -0.39 is 0 Å². The number of quaternary nitrogens is 1. The molecule has 1 heterocycles. The Morgan fingerprint density at radius 3 is 2.65 bits per heavy atom. The molecule has 1 unspecified atom stereocenters. The molecule has 2 amide bonds. The summed E-state index contributed by atoms with van der Waals surface area (Å²) in [6.45, 7) is 6.13. The second-order valence-electron chi connectivity index (χ2n) is 6.56. The molecule has 1 aromatic rings. The SMILES string of the molecule is CC[C@@H](NC(=O)C[NH+]1CCC[C@H](C(N)=O)C1)c1ccc(C)cc1. The smallest absolute Gasteiger partial charge is 0.275 e. The molecule has 0 spiro atoms. The number of carbonyl (C=O) groups is 2. The van der Waals surface area contributed by atoms with Crippen LogP contribution in [0.3, 0.4) is 0 Å². The van der Waals surface area contributed by atoms with Crippen molar-refractivity contribution in [1.29, 1.82) is 0 Å². The van der Waals surface area contributed by atoms with E-state index in [0.29, 0.717) is 13.1 Å². The summed E-state index contributed by atoms with van der Waals surface area (Å²) in [6, 6.07) is 8.32. The molecule has 3 atom stereocenters. The fraction of sp³-hybridized carbons (Fsp3) is 0.556. The monoisotopic (exact) mass is 318 g/mol. The quantitative estimate of drug-likeness (QED) is 0.707. The highest BCUT2D eigenvalue weighted by molar-refractivity contribution is 5.78. The number of likely N-dealkylation sites (tertiary alicyclic amines) is 1. The van der Waals surface area contributed by atoms with E-state index in [0.717, 1.165) is 36.3 Å². The van der Waals surface area contributed by atoms with Crippen molar-refractivity contribution in [2.45, 2.75) is 39.2 Å². The van der Waals surface area contributed by atoms with Crippen LogP contribution in [0.2, 0.25) is 0 Å². The number of aryl methyl sites for hydroxylation is 1. The molecule has 5 heteroatoms. The van der Waals surface area contributed by atoms with Gasteiger partial charge in [-0.2, -0.15) is 0 Å². The number of primary amides is 1. The summed E-state index contributed by atoms with van der Waals surface area (Å²) in [5.41, 5.74) is 7.75. The number of benzene rings is 1. The lowest BCUT2D eigenvalue weighted by Crippen LogP contribution is -3.15. The zero-order valence-electron chi connectivity index (χ0n) is 14.1. The molecule has 1 saturated heterocycles. The highest BCUT2D eigenvalue weighted by Crippen LogP contribution is 2.16. The third-order valence-corrected chi connectivity index (χ3v) is 4.65. The fourth-order valence-electron chi connectivity index (χ4n) is 3.25. The second-order valence-corrected chi connectivity index (χ2v) is 6.56. The van der Waals surface area contributed by atoms with Gasteiger partial charge >= 0.3 is 0 Å². The van der Waals surface area contributed by atoms with Gasteiger partial charge in [-0.1, -0.05) is 36.8 Å². The topological polar surface area (TPSA) is 76.6 Å². The van der Waals surface area contributed by atoms with Crippen LogP contribution >= 0.6 is 0 Å². The van der Waals surface area contributed by atoms with Crippen LogP contribution in [0.4, 0.5) is 0 Å². The largest absolute Gasteiger partial charge is 0.369 e. The van der Waals surface area contributed by atoms with Gasteiger partial charge in [0.2, 0.25) is 5.91 Å². The van der Waals surface area contributed by atoms with Gasteiger partial charge in [-0.15, -0.1) is 0 Å². The van der Waals surface area contributed by atoms with Gasteiger partial charge in [0, 0.05) is 0 Å². The second kappa shape index (κ2) is 8.11. The highest BCUT2D eigenvalue weighted by Gasteiger charge is 2.28. The number of piperidine rings is 1. The van der Waals surface area contributed by atoms with Gasteiger partial charge in [0.25, 0.3) is 5.91 Å². The molecule has 23 heavy (non-hydrogen) atoms. The lowest BCUT2D eigenvalue weighted by Gasteiger charge is -2.28. The first-order valence-electron chi connectivity index (χ1n) is 8.48. The summed E-state index contributed by atoms with van der Waals surface area (Å²) >= 11 is 0. The van der Waals surface area contributed by atoms with Crippen LogP contribution in [0.1, 0.15) is 43.4 Å². The molecule has 126 valence electrons. The van der Waals surface area contributed by atoms with E-state index in [1.54, 1.807) is 0 Å². The van der Waals surface area contributed by atoms with Crippen molar-refractivity contribution in [3.8, 4) is 0 Å². The molecule has 0 radical (unpaired) electrons. The number of rotatable bonds is 6. The summed E-state index contributed by atoms with van der Waals surface area (Å²) in [4.78, 5) is 24.8. The van der Waals surface area contributed by atoms with E-state index >= 15 is 0 Å². The zero-order valence-corrected chi connectivity index (χ0v) is 14.1. The Morgan fingerprint density at radius 1 is 1.35 bits per heavy atom. The highest BCUT2D eigenvalue weighted by atomic mass is 16.2. The van der Waals surface area contributed by atoms with E-state index in [-0.39, 0.29) is 23.8 Å². The third kappa shape index (κ3) is 5.06. The van der Waals surface area contributed by atoms with E-state index in [2.05, 4.69) is 43.4 Å². The van der Waals surface area contributed by atoms with E-state index in [1.807, 2.05) is 0 Å². The lowest BCUT2D eigenvalue weighted by molar-refractivity contribution is -0.899. The maximum absolute atomic E-state index is 12.3. The molecular formula is C18H28N3O2+. The van der Waals surface area contributed by atoms with Crippen molar-refractivity contribution >= 4 is 11.8 Å². The Morgan fingerprint density at radius 2 is 2.04 bits per heavy atom. The van der Waals surface area contributed by atoms with Crippen LogP contribution in [0.25, 0.3) is 0 Å². The molecule has 4 N–H and O–H groups in total. The predicted molar refractivity (Wildman–Crippen MR) is 89.8 cm³/mol. The molecule has 1 aromatic carbocycles. The normalized spacial score (nSPS) is 22.3. The Bertz CT molecular complexity index is 542. The Balaban J connectivity index is 1.89. The summed E-state index contributed by atoms with van der Waals surface area (Å²) in [6.07, 6.45) is 2.65. The molecular weight excluding hydrogens is 290 g/mol. The minimum Gasteiger partial charge on any atom is -0.369 e. The van der Waals surface area contributed by atoms with Crippen LogP contribution < -0.4 is 16.0 Å². The number of hydrogen-bond acceptors (Lipinski definition) is 2. The first kappa shape index (κ1) is 17.5. The van der Waals surface area contributed by atoms with E-state index in [1.165, 1.54) is 5.56 Å². The molecule has 0 aliphatic carbocycles. The van der Waals surface area contributed by atoms with Gasteiger partial charge in [-0.05, 0) is 31.7 Å². The zero-order chi connectivity index (χ0) is 16.8. The van der Waals surface area contributed by atoms with Gasteiger partial charge in [0.1, 0.15) is 0 Å². The number of nitrogens with two attached hydrogens (primary N) is 1. The minimum atomic E-state index is -0.242. The van der Waals surface area contributed by atoms with Gasteiger partial charge in [-0.3, -0.25) is 9.59 Å². The molecule has 2 rings (SSSR count). The maximum atomic E-state index is 12.3. The summed E-state index contributed by atoms with van der Waals surface area (Å²) in [5.74, 6) is -0.295. The number of carbonyl (C=O) groups excluding carboxylic acids is 2. The summed E-state index contributed by atoms with van der Waals surface area (Å²) in [7, 11) is 0. The fourth-order valence-corrected chi connectivity index (χ4v) is 3.25. The van der Waals surface area contributed by atoms with Gasteiger partial charge < -0.3 is 16.0 Å². The minimum absolute atomic E-state index is 0.0394. The van der Waals surface area contributed by atoms with E-state index in [4.69, 9.17) is 5.73 Å². The van der Waals surface area contributed by atoms with Crippen LogP contribution in [0, 0.1) is 12.8 Å². The van der Waals surface area contributed by atoms with Gasteiger partial charge in [0.15, 0.2) is 6.54 Å². The first-order valence-corrected chi connectivity index (χ1v) is 8.48. The average molecular weight is 318 g/mol. The van der Waals surface area contributed by atoms with Crippen molar-refractivity contribution in [1.82, 2.24) is 5.32 Å². The number of amides is 2. The van der Waals surface area contributed by atoms with Crippen molar-refractivity contribution < 1.29 is 14.5 Å². The summed E-state index contributed by atoms with van der Waals surface area (Å²) < 4.78 is 0. The molecule has 1 fully saturated rings. The third-order valence-electron chi connectivity index (χ3n) is 4.65. The lowest BCUT2D eigenvalue weighted by atomic mass is 9.97. The molecule has 1 aliphatic heterocycles. The van der Waals surface area contributed by atoms with Crippen LogP contribution in [-0.2, 0) is 9.59 Å². The van der Waals surface area contributed by atoms with Crippen molar-refractivity contribution in [3.63, 3.8) is 0 Å². The van der Waals surface area contributed by atoms with Crippen LogP contribution in [0.15, 0.2) is 24.3 Å². The van der Waals surface area contributed by atoms with Crippen molar-refractivity contribution in [2.75, 3.05) is 19.6 Å². The molecule has 0 bridgehead atoms. The van der Waals surface area contributed by atoms with Crippen LogP contribution in [-0.4, -0.2) is 31.4 Å². The van der Waals surface area contributed by atoms with E-state index in [9.17, 15) is 9.59 Å². The number of nitrogens with one attached hydrogen (secondary N) is 2. The Kier molecular flexibility index (Phi) is 6.16. The van der Waals surface area contributed by atoms with Gasteiger partial charge in [-0.25, -0.2) is 0 Å². The molecule has 5 nitrogen and oxygen atoms in total. The first-order chi connectivity index (χ1) is 11.0. The van der Waals surface area contributed by atoms with Gasteiger partial charge in [0.05, 0.1) is 25.0 Å². The Labute approximate surface area is 138 Å². The molecule has 0 aromatic heterocycles. The van der Waals surface area contributed by atoms with Crippen LogP contribution in [0.5, 0.6) is 0 Å². The average Bonchev–Trinajstić information content (AvgIpc) is 2.53. The van der Waals surface area contributed by atoms with Crippen molar-refractivity contribution in [2.24, 2.45) is 11.7 Å². The standard InChI is InChI=1S/C18H27N3O2/c1-3-16(14-8-6-13(2)7-9-14)20-17(22)12-21-10-4-5-15(11-21)18(19)23/h6-9,15-16H,3-5,10-12H2,1-2H3,(H2,19,23)(H,20,22)/p+1/t15-,16+/m0/s1. The maximum Gasteiger partial charge on any atom is 0.275 e. The summed E-state index contributed by atoms with van der Waals surface area (Å²) in [5, 5.41) is 3.12. The van der Waals surface area contributed by atoms with Crippen molar-refractivity contribution in [3.05, 3.63) is 35.4 Å². The predicted octanol–water partition coefficient (Wildman–Crippen LogP) is 0.343. The number of hydrogen-bond donors (Lipinski definition) is 3. The molecule has 0 saturated carbocycles.